The molecule has 0 aliphatic carbocycles. The second-order valence-corrected chi connectivity index (χ2v) is 3.95. The van der Waals surface area contributed by atoms with Gasteiger partial charge in [-0.2, -0.15) is 0 Å². The van der Waals surface area contributed by atoms with Crippen LogP contribution in [0, 0.1) is 0 Å². The molecule has 1 aromatic carbocycles. The lowest BCUT2D eigenvalue weighted by Gasteiger charge is -2.13. The van der Waals surface area contributed by atoms with E-state index in [4.69, 9.17) is 4.74 Å². The minimum absolute atomic E-state index is 0.0797. The number of nitrogens with zero attached hydrogens (tertiary/aromatic N) is 1. The first-order valence-electron chi connectivity index (χ1n) is 5.75. The Hall–Kier alpha value is -1.84. The molecule has 0 bridgehead atoms. The summed E-state index contributed by atoms with van der Waals surface area (Å²) in [5.41, 5.74) is 0.942. The fourth-order valence-corrected chi connectivity index (χ4v) is 1.84. The Morgan fingerprint density at radius 3 is 2.24 bits per heavy atom. The Balaban J connectivity index is 2.03. The molecule has 1 aliphatic rings. The number of amides is 2. The molecule has 2 amide bonds. The van der Waals surface area contributed by atoms with Crippen LogP contribution in [0.3, 0.4) is 0 Å². The highest BCUT2D eigenvalue weighted by molar-refractivity contribution is 6.01. The highest BCUT2D eigenvalue weighted by atomic mass is 16.5. The van der Waals surface area contributed by atoms with E-state index in [0.29, 0.717) is 26.0 Å². The van der Waals surface area contributed by atoms with E-state index in [2.05, 4.69) is 0 Å². The lowest BCUT2D eigenvalue weighted by molar-refractivity contribution is -0.139. The maximum absolute atomic E-state index is 11.4. The van der Waals surface area contributed by atoms with Gasteiger partial charge in [0.05, 0.1) is 13.2 Å². The third-order valence-electron chi connectivity index (χ3n) is 2.73. The van der Waals surface area contributed by atoms with E-state index in [-0.39, 0.29) is 11.8 Å². The Kier molecular flexibility index (Phi) is 3.42. The van der Waals surface area contributed by atoms with Crippen molar-refractivity contribution in [2.75, 3.05) is 6.61 Å². The molecule has 1 saturated heterocycles. The Morgan fingerprint density at radius 1 is 1.12 bits per heavy atom. The van der Waals surface area contributed by atoms with E-state index in [9.17, 15) is 9.59 Å². The van der Waals surface area contributed by atoms with E-state index < -0.39 is 0 Å². The zero-order valence-corrected chi connectivity index (χ0v) is 9.81. The van der Waals surface area contributed by atoms with E-state index in [0.717, 1.165) is 11.3 Å². The average Bonchev–Trinajstić information content (AvgIpc) is 2.64. The molecule has 0 radical (unpaired) electrons. The molecule has 0 atom stereocenters. The molecule has 4 heteroatoms. The number of likely N-dealkylation sites (tertiary alicyclic amines) is 1. The first-order valence-corrected chi connectivity index (χ1v) is 5.75. The summed E-state index contributed by atoms with van der Waals surface area (Å²) in [6.45, 7) is 2.92. The van der Waals surface area contributed by atoms with Gasteiger partial charge < -0.3 is 4.74 Å². The van der Waals surface area contributed by atoms with Crippen LogP contribution in [0.4, 0.5) is 0 Å². The second kappa shape index (κ2) is 4.99. The smallest absolute Gasteiger partial charge is 0.229 e. The summed E-state index contributed by atoms with van der Waals surface area (Å²) in [7, 11) is 0. The number of hydrogen-bond acceptors (Lipinski definition) is 3. The maximum Gasteiger partial charge on any atom is 0.229 e. The third-order valence-corrected chi connectivity index (χ3v) is 2.73. The monoisotopic (exact) mass is 233 g/mol. The SMILES string of the molecule is CCOc1ccc(CN2C(=O)CCC2=O)cc1. The summed E-state index contributed by atoms with van der Waals surface area (Å²) in [4.78, 5) is 24.2. The van der Waals surface area contributed by atoms with Gasteiger partial charge in [-0.05, 0) is 24.6 Å². The maximum atomic E-state index is 11.4. The van der Waals surface area contributed by atoms with Crippen LogP contribution in [0.5, 0.6) is 5.75 Å². The van der Waals surface area contributed by atoms with Crippen LogP contribution in [0.25, 0.3) is 0 Å². The van der Waals surface area contributed by atoms with Gasteiger partial charge in [0.2, 0.25) is 11.8 Å². The van der Waals surface area contributed by atoms with E-state index in [1.807, 2.05) is 31.2 Å². The molecule has 0 saturated carbocycles. The van der Waals surface area contributed by atoms with E-state index in [1.165, 1.54) is 4.90 Å². The second-order valence-electron chi connectivity index (χ2n) is 3.95. The molecule has 2 rings (SSSR count). The van der Waals surface area contributed by atoms with Crippen LogP contribution in [-0.2, 0) is 16.1 Å². The number of carbonyl (C=O) groups is 2. The van der Waals surface area contributed by atoms with Crippen molar-refractivity contribution < 1.29 is 14.3 Å². The lowest BCUT2D eigenvalue weighted by atomic mass is 10.2. The van der Waals surface area contributed by atoms with Crippen molar-refractivity contribution in [2.45, 2.75) is 26.3 Å². The molecular weight excluding hydrogens is 218 g/mol. The van der Waals surface area contributed by atoms with Gasteiger partial charge in [-0.1, -0.05) is 12.1 Å². The molecule has 1 heterocycles. The standard InChI is InChI=1S/C13H15NO3/c1-2-17-11-5-3-10(4-6-11)9-14-12(15)7-8-13(14)16/h3-6H,2,7-9H2,1H3. The van der Waals surface area contributed by atoms with Gasteiger partial charge in [-0.3, -0.25) is 14.5 Å². The van der Waals surface area contributed by atoms with Crippen molar-refractivity contribution in [3.8, 4) is 5.75 Å². The summed E-state index contributed by atoms with van der Waals surface area (Å²) in [6, 6.07) is 7.46. The largest absolute Gasteiger partial charge is 0.494 e. The Labute approximate surface area is 100 Å². The van der Waals surface area contributed by atoms with Gasteiger partial charge in [0, 0.05) is 12.8 Å². The number of ether oxygens (including phenoxy) is 1. The average molecular weight is 233 g/mol. The van der Waals surface area contributed by atoms with Gasteiger partial charge in [0.25, 0.3) is 0 Å². The van der Waals surface area contributed by atoms with Gasteiger partial charge in [0.15, 0.2) is 0 Å². The van der Waals surface area contributed by atoms with Gasteiger partial charge in [0.1, 0.15) is 5.75 Å². The molecule has 0 N–H and O–H groups in total. The van der Waals surface area contributed by atoms with Crippen molar-refractivity contribution in [2.24, 2.45) is 0 Å². The van der Waals surface area contributed by atoms with Crippen molar-refractivity contribution >= 4 is 11.8 Å². The minimum Gasteiger partial charge on any atom is -0.494 e. The fraction of sp³-hybridized carbons (Fsp3) is 0.385. The highest BCUT2D eigenvalue weighted by Gasteiger charge is 2.28. The number of hydrogen-bond donors (Lipinski definition) is 0. The predicted molar refractivity (Wildman–Crippen MR) is 62.4 cm³/mol. The van der Waals surface area contributed by atoms with E-state index >= 15 is 0 Å². The van der Waals surface area contributed by atoms with Gasteiger partial charge in [-0.15, -0.1) is 0 Å². The Morgan fingerprint density at radius 2 is 1.71 bits per heavy atom. The van der Waals surface area contributed by atoms with Crippen molar-refractivity contribution in [3.63, 3.8) is 0 Å². The summed E-state index contributed by atoms with van der Waals surface area (Å²) in [6.07, 6.45) is 0.686. The lowest BCUT2D eigenvalue weighted by Crippen LogP contribution is -2.28. The first kappa shape index (κ1) is 11.6. The van der Waals surface area contributed by atoms with Crippen LogP contribution in [0.2, 0.25) is 0 Å². The molecule has 0 spiro atoms. The number of imide groups is 1. The third kappa shape index (κ3) is 2.64. The molecular formula is C13H15NO3. The molecule has 1 aromatic rings. The van der Waals surface area contributed by atoms with Crippen LogP contribution < -0.4 is 4.74 Å². The Bertz CT molecular complexity index is 409. The molecule has 4 nitrogen and oxygen atoms in total. The molecule has 90 valence electrons. The van der Waals surface area contributed by atoms with E-state index in [1.54, 1.807) is 0 Å². The summed E-state index contributed by atoms with van der Waals surface area (Å²) in [5.74, 6) is 0.642. The summed E-state index contributed by atoms with van der Waals surface area (Å²) >= 11 is 0. The number of carbonyl (C=O) groups excluding carboxylic acids is 2. The van der Waals surface area contributed by atoms with Crippen LogP contribution in [0.15, 0.2) is 24.3 Å². The number of rotatable bonds is 4. The molecule has 0 aromatic heterocycles. The molecule has 1 fully saturated rings. The van der Waals surface area contributed by atoms with Crippen LogP contribution in [-0.4, -0.2) is 23.3 Å². The van der Waals surface area contributed by atoms with Crippen LogP contribution in [0.1, 0.15) is 25.3 Å². The summed E-state index contributed by atoms with van der Waals surface area (Å²) in [5, 5.41) is 0. The van der Waals surface area contributed by atoms with Gasteiger partial charge in [-0.25, -0.2) is 0 Å². The molecule has 1 aliphatic heterocycles. The molecule has 0 unspecified atom stereocenters. The van der Waals surface area contributed by atoms with Crippen LogP contribution >= 0.6 is 0 Å². The predicted octanol–water partition coefficient (Wildman–Crippen LogP) is 1.73. The quantitative estimate of drug-likeness (QED) is 0.744. The number of benzene rings is 1. The molecule has 17 heavy (non-hydrogen) atoms. The topological polar surface area (TPSA) is 46.6 Å². The minimum atomic E-state index is -0.0797. The summed E-state index contributed by atoms with van der Waals surface area (Å²) < 4.78 is 5.33. The van der Waals surface area contributed by atoms with Crippen molar-refractivity contribution in [3.05, 3.63) is 29.8 Å². The van der Waals surface area contributed by atoms with Crippen molar-refractivity contribution in [1.29, 1.82) is 0 Å². The zero-order chi connectivity index (χ0) is 12.3. The fourth-order valence-electron chi connectivity index (χ4n) is 1.84. The zero-order valence-electron chi connectivity index (χ0n) is 9.81. The first-order chi connectivity index (χ1) is 8.20. The highest BCUT2D eigenvalue weighted by Crippen LogP contribution is 2.18. The van der Waals surface area contributed by atoms with Crippen molar-refractivity contribution in [1.82, 2.24) is 4.90 Å². The van der Waals surface area contributed by atoms with Gasteiger partial charge >= 0.3 is 0 Å². The normalized spacial score (nSPS) is 15.5.